The van der Waals surface area contributed by atoms with Crippen molar-refractivity contribution in [3.05, 3.63) is 234 Å². The third-order valence-electron chi connectivity index (χ3n) is 12.4. The summed E-state index contributed by atoms with van der Waals surface area (Å²) in [5.41, 5.74) is 15.0. The minimum atomic E-state index is -0.586. The van der Waals surface area contributed by atoms with Crippen molar-refractivity contribution in [2.75, 3.05) is 0 Å². The maximum atomic E-state index is 9.66. The van der Waals surface area contributed by atoms with Crippen molar-refractivity contribution >= 4 is 22.5 Å². The van der Waals surface area contributed by atoms with Crippen LogP contribution in [0.15, 0.2) is 216 Å². The molecule has 0 unspecified atom stereocenters. The van der Waals surface area contributed by atoms with E-state index in [1.165, 1.54) is 53.9 Å². The molecule has 0 radical (unpaired) electrons. The fourth-order valence-corrected chi connectivity index (χ4v) is 10.8. The van der Waals surface area contributed by atoms with Crippen LogP contribution in [0.4, 0.5) is 0 Å². The summed E-state index contributed by atoms with van der Waals surface area (Å²) >= 11 is 1.85. The first-order valence-corrected chi connectivity index (χ1v) is 21.6. The first-order chi connectivity index (χ1) is 30.7. The van der Waals surface area contributed by atoms with Gasteiger partial charge in [0.15, 0.2) is 17.5 Å². The van der Waals surface area contributed by atoms with Gasteiger partial charge in [0, 0.05) is 26.5 Å². The van der Waals surface area contributed by atoms with Crippen LogP contribution in [0, 0.1) is 11.3 Å². The molecule has 0 bridgehead atoms. The molecule has 12 rings (SSSR count). The Balaban J connectivity index is 1.06. The number of fused-ring (bicyclic) bond motifs is 11. The van der Waals surface area contributed by atoms with E-state index in [4.69, 9.17) is 15.0 Å². The summed E-state index contributed by atoms with van der Waals surface area (Å²) in [4.78, 5) is 17.4. The summed E-state index contributed by atoms with van der Waals surface area (Å²) < 4.78 is 0. The average molecular weight is 807 g/mol. The van der Waals surface area contributed by atoms with Crippen LogP contribution in [0.25, 0.3) is 78.3 Å². The molecular formula is C57H34N4S. The molecule has 5 heteroatoms. The predicted molar refractivity (Wildman–Crippen MR) is 251 cm³/mol. The van der Waals surface area contributed by atoms with Gasteiger partial charge in [0.05, 0.1) is 17.0 Å². The lowest BCUT2D eigenvalue weighted by Crippen LogP contribution is -2.32. The molecule has 1 spiro atoms. The highest BCUT2D eigenvalue weighted by atomic mass is 32.2. The van der Waals surface area contributed by atoms with Gasteiger partial charge in [0.1, 0.15) is 0 Å². The summed E-state index contributed by atoms with van der Waals surface area (Å²) in [5, 5.41) is 12.1. The highest BCUT2D eigenvalue weighted by Crippen LogP contribution is 2.64. The van der Waals surface area contributed by atoms with Gasteiger partial charge < -0.3 is 0 Å². The second-order valence-electron chi connectivity index (χ2n) is 15.8. The van der Waals surface area contributed by atoms with Crippen LogP contribution >= 0.6 is 11.8 Å². The first-order valence-electron chi connectivity index (χ1n) is 20.7. The third-order valence-corrected chi connectivity index (χ3v) is 13.6. The van der Waals surface area contributed by atoms with Crippen LogP contribution in [0.2, 0.25) is 0 Å². The van der Waals surface area contributed by atoms with E-state index in [0.29, 0.717) is 23.0 Å². The van der Waals surface area contributed by atoms with E-state index in [1.807, 2.05) is 84.6 Å². The van der Waals surface area contributed by atoms with E-state index >= 15 is 0 Å². The lowest BCUT2D eigenvalue weighted by atomic mass is 9.66. The standard InChI is InChI=1S/C57H34N4S/c58-35-36-23-25-38(26-24-36)46-34-50-53(44-18-8-7-17-43(44)46)45-32-31-42(33-49(45)57(50)47-19-9-11-21-51(47)62-52-22-12-10-20-48(52)57)37-27-29-41(30-28-37)56-60-54(39-13-3-1-4-14-39)59-55(61-56)40-15-5-2-6-16-40/h1-34H. The Kier molecular flexibility index (Phi) is 8.35. The van der Waals surface area contributed by atoms with Crippen LogP contribution in [0.3, 0.4) is 0 Å². The van der Waals surface area contributed by atoms with Crippen molar-refractivity contribution in [2.45, 2.75) is 15.2 Å². The van der Waals surface area contributed by atoms with Crippen molar-refractivity contribution in [3.63, 3.8) is 0 Å². The normalized spacial score (nSPS) is 12.9. The SMILES string of the molecule is N#Cc1ccc(-c2cc3c(c4ccccc24)-c2ccc(-c4ccc(-c5nc(-c6ccccc6)nc(-c6ccccc6)n5)cc4)cc2C32c3ccccc3Sc3ccccc32)cc1. The molecule has 2 aliphatic rings. The van der Waals surface area contributed by atoms with Crippen LogP contribution in [-0.2, 0) is 5.41 Å². The molecule has 1 aliphatic carbocycles. The number of aromatic nitrogens is 3. The van der Waals surface area contributed by atoms with Gasteiger partial charge in [-0.2, -0.15) is 5.26 Å². The minimum Gasteiger partial charge on any atom is -0.208 e. The molecule has 0 amide bonds. The monoisotopic (exact) mass is 806 g/mol. The number of rotatable bonds is 5. The third kappa shape index (κ3) is 5.58. The van der Waals surface area contributed by atoms with Crippen LogP contribution in [0.1, 0.15) is 27.8 Å². The quantitative estimate of drug-likeness (QED) is 0.173. The molecular weight excluding hydrogens is 773 g/mol. The summed E-state index contributed by atoms with van der Waals surface area (Å²) in [7, 11) is 0. The predicted octanol–water partition coefficient (Wildman–Crippen LogP) is 14.1. The van der Waals surface area contributed by atoms with Crippen molar-refractivity contribution in [1.29, 1.82) is 5.26 Å². The largest absolute Gasteiger partial charge is 0.208 e. The molecule has 1 aromatic heterocycles. The molecule has 62 heavy (non-hydrogen) atoms. The van der Waals surface area contributed by atoms with Gasteiger partial charge in [-0.3, -0.25) is 0 Å². The Morgan fingerprint density at radius 2 is 0.855 bits per heavy atom. The Morgan fingerprint density at radius 3 is 1.45 bits per heavy atom. The van der Waals surface area contributed by atoms with Crippen molar-refractivity contribution in [1.82, 2.24) is 15.0 Å². The number of hydrogen-bond donors (Lipinski definition) is 0. The van der Waals surface area contributed by atoms with Gasteiger partial charge in [-0.05, 0) is 103 Å². The lowest BCUT2D eigenvalue weighted by Gasteiger charge is -2.40. The Bertz CT molecular complexity index is 3320. The molecule has 0 saturated carbocycles. The highest BCUT2D eigenvalue weighted by Gasteiger charge is 2.51. The minimum absolute atomic E-state index is 0.586. The van der Waals surface area contributed by atoms with Gasteiger partial charge in [-0.15, -0.1) is 0 Å². The van der Waals surface area contributed by atoms with E-state index in [2.05, 4.69) is 140 Å². The van der Waals surface area contributed by atoms with E-state index < -0.39 is 5.41 Å². The summed E-state index contributed by atoms with van der Waals surface area (Å²) in [6.45, 7) is 0. The zero-order chi connectivity index (χ0) is 41.2. The second kappa shape index (κ2) is 14.4. The molecule has 10 aromatic rings. The molecule has 9 aromatic carbocycles. The van der Waals surface area contributed by atoms with Crippen molar-refractivity contribution in [2.24, 2.45) is 0 Å². The van der Waals surface area contributed by atoms with E-state index in [1.54, 1.807) is 0 Å². The number of benzene rings is 9. The number of hydrogen-bond acceptors (Lipinski definition) is 5. The summed E-state index contributed by atoms with van der Waals surface area (Å²) in [6.07, 6.45) is 0. The van der Waals surface area contributed by atoms with Gasteiger partial charge in [0.2, 0.25) is 0 Å². The fraction of sp³-hybridized carbons (Fsp3) is 0.0175. The maximum absolute atomic E-state index is 9.66. The number of nitriles is 1. The van der Waals surface area contributed by atoms with Crippen LogP contribution < -0.4 is 0 Å². The number of nitrogens with zero attached hydrogens (tertiary/aromatic N) is 4. The molecule has 2 heterocycles. The molecule has 4 nitrogen and oxygen atoms in total. The average Bonchev–Trinajstić information content (AvgIpc) is 3.64. The van der Waals surface area contributed by atoms with E-state index in [0.717, 1.165) is 38.9 Å². The van der Waals surface area contributed by atoms with E-state index in [-0.39, 0.29) is 0 Å². The maximum Gasteiger partial charge on any atom is 0.164 e. The Morgan fingerprint density at radius 1 is 0.371 bits per heavy atom. The topological polar surface area (TPSA) is 62.5 Å². The van der Waals surface area contributed by atoms with E-state index in [9.17, 15) is 5.26 Å². The van der Waals surface area contributed by atoms with Gasteiger partial charge >= 0.3 is 0 Å². The zero-order valence-electron chi connectivity index (χ0n) is 33.3. The molecule has 0 saturated heterocycles. The molecule has 288 valence electrons. The van der Waals surface area contributed by atoms with Crippen molar-refractivity contribution in [3.8, 4) is 73.6 Å². The smallest absolute Gasteiger partial charge is 0.164 e. The Hall–Kier alpha value is -7.91. The molecule has 0 atom stereocenters. The highest BCUT2D eigenvalue weighted by molar-refractivity contribution is 7.99. The first kappa shape index (κ1) is 36.0. The van der Waals surface area contributed by atoms with Crippen LogP contribution in [0.5, 0.6) is 0 Å². The second-order valence-corrected chi connectivity index (χ2v) is 16.9. The van der Waals surface area contributed by atoms with Crippen molar-refractivity contribution < 1.29 is 0 Å². The molecule has 0 fully saturated rings. The van der Waals surface area contributed by atoms with Gasteiger partial charge in [0.25, 0.3) is 0 Å². The Labute approximate surface area is 363 Å². The summed E-state index contributed by atoms with van der Waals surface area (Å²) in [6, 6.07) is 75.3. The fourth-order valence-electron chi connectivity index (χ4n) is 9.65. The van der Waals surface area contributed by atoms with Gasteiger partial charge in [-0.25, -0.2) is 15.0 Å². The van der Waals surface area contributed by atoms with Crippen LogP contribution in [-0.4, -0.2) is 15.0 Å². The zero-order valence-corrected chi connectivity index (χ0v) is 34.1. The molecule has 0 N–H and O–H groups in total. The molecule has 1 aliphatic heterocycles. The summed E-state index contributed by atoms with van der Waals surface area (Å²) in [5.74, 6) is 1.91. The lowest BCUT2D eigenvalue weighted by molar-refractivity contribution is 0.723. The van der Waals surface area contributed by atoms with Gasteiger partial charge in [-0.1, -0.05) is 182 Å².